The zero-order valence-electron chi connectivity index (χ0n) is 14.5. The summed E-state index contributed by atoms with van der Waals surface area (Å²) >= 11 is 0. The molecule has 0 aliphatic carbocycles. The van der Waals surface area contributed by atoms with Crippen LogP contribution >= 0.6 is 0 Å². The number of rotatable bonds is 4. The molecule has 0 aliphatic rings. The lowest BCUT2D eigenvalue weighted by Gasteiger charge is -2.07. The summed E-state index contributed by atoms with van der Waals surface area (Å²) in [7, 11) is 0. The number of aromatic hydroxyl groups is 1. The number of nitrogens with zero attached hydrogens (tertiary/aromatic N) is 4. The van der Waals surface area contributed by atoms with Gasteiger partial charge in [-0.3, -0.25) is 0 Å². The van der Waals surface area contributed by atoms with Crippen LogP contribution in [0, 0.1) is 0 Å². The normalized spacial score (nSPS) is 11.3. The minimum absolute atomic E-state index is 0.222. The van der Waals surface area contributed by atoms with E-state index in [2.05, 4.69) is 30.6 Å². The molecule has 5 aromatic rings. The van der Waals surface area contributed by atoms with Crippen molar-refractivity contribution in [3.63, 3.8) is 0 Å². The molecule has 0 unspecified atom stereocenters. The van der Waals surface area contributed by atoms with Gasteiger partial charge in [-0.05, 0) is 48.0 Å². The maximum Gasteiger partial charge on any atom is 0.323 e. The Hall–Kier alpha value is -4.14. The number of anilines is 2. The van der Waals surface area contributed by atoms with Crippen LogP contribution in [0.15, 0.2) is 59.4 Å². The Morgan fingerprint density at radius 2 is 1.79 bits per heavy atom. The molecule has 0 spiro atoms. The highest BCUT2D eigenvalue weighted by atomic mass is 16.3. The van der Waals surface area contributed by atoms with Gasteiger partial charge in [-0.2, -0.15) is 4.52 Å². The van der Waals surface area contributed by atoms with Crippen LogP contribution in [0.1, 0.15) is 11.4 Å². The Morgan fingerprint density at radius 3 is 2.64 bits per heavy atom. The van der Waals surface area contributed by atoms with Gasteiger partial charge in [0.2, 0.25) is 0 Å². The van der Waals surface area contributed by atoms with E-state index in [9.17, 15) is 9.90 Å². The van der Waals surface area contributed by atoms with E-state index in [0.29, 0.717) is 29.2 Å². The lowest BCUT2D eigenvalue weighted by atomic mass is 10.1. The van der Waals surface area contributed by atoms with Crippen molar-refractivity contribution in [2.75, 3.05) is 5.32 Å². The summed E-state index contributed by atoms with van der Waals surface area (Å²) in [5.74, 6) is 1.53. The molecular weight excluding hydrogens is 358 g/mol. The minimum Gasteiger partial charge on any atom is -0.508 e. The van der Waals surface area contributed by atoms with Crippen LogP contribution in [0.2, 0.25) is 0 Å². The molecule has 0 fully saturated rings. The number of aromatic nitrogens is 6. The number of benzene rings is 2. The third kappa shape index (κ3) is 2.94. The Labute approximate surface area is 157 Å². The summed E-state index contributed by atoms with van der Waals surface area (Å²) in [6.07, 6.45) is 0.536. The summed E-state index contributed by atoms with van der Waals surface area (Å²) < 4.78 is 1.69. The molecule has 28 heavy (non-hydrogen) atoms. The topological polar surface area (TPSA) is 124 Å². The van der Waals surface area contributed by atoms with Gasteiger partial charge in [-0.25, -0.2) is 4.79 Å². The average Bonchev–Trinajstić information content (AvgIpc) is 3.25. The van der Waals surface area contributed by atoms with Crippen molar-refractivity contribution >= 4 is 28.2 Å². The molecule has 0 radical (unpaired) electrons. The Balaban J connectivity index is 1.46. The molecule has 9 nitrogen and oxygen atoms in total. The molecule has 0 atom stereocenters. The number of fused-ring (bicyclic) bond motifs is 2. The highest BCUT2D eigenvalue weighted by molar-refractivity contribution is 5.79. The van der Waals surface area contributed by atoms with Gasteiger partial charge in [0.05, 0.1) is 11.0 Å². The molecule has 0 amide bonds. The van der Waals surface area contributed by atoms with E-state index >= 15 is 0 Å². The van der Waals surface area contributed by atoms with Crippen LogP contribution in [0.5, 0.6) is 5.75 Å². The van der Waals surface area contributed by atoms with Gasteiger partial charge >= 0.3 is 5.69 Å². The first-order valence-electron chi connectivity index (χ1n) is 8.62. The van der Waals surface area contributed by atoms with Crippen molar-refractivity contribution in [2.45, 2.75) is 6.42 Å². The van der Waals surface area contributed by atoms with Gasteiger partial charge < -0.3 is 20.4 Å². The number of hydrogen-bond donors (Lipinski definition) is 4. The lowest BCUT2D eigenvalue weighted by molar-refractivity contribution is 0.475. The summed E-state index contributed by atoms with van der Waals surface area (Å²) in [5.41, 5.74) is 3.65. The third-order valence-electron chi connectivity index (χ3n) is 4.41. The van der Waals surface area contributed by atoms with E-state index in [-0.39, 0.29) is 11.4 Å². The van der Waals surface area contributed by atoms with E-state index in [1.807, 2.05) is 42.5 Å². The SMILES string of the molecule is O=c1[nH]c2ccc(Nc3ccc4nnc(Cc5ccc(O)cc5)n4n3)cc2[nH]1. The third-order valence-corrected chi connectivity index (χ3v) is 4.41. The van der Waals surface area contributed by atoms with Gasteiger partial charge in [0, 0.05) is 12.1 Å². The molecule has 0 saturated carbocycles. The van der Waals surface area contributed by atoms with Gasteiger partial charge in [-0.15, -0.1) is 15.3 Å². The van der Waals surface area contributed by atoms with E-state index < -0.39 is 0 Å². The summed E-state index contributed by atoms with van der Waals surface area (Å²) in [5, 5.41) is 25.6. The fourth-order valence-corrected chi connectivity index (χ4v) is 3.06. The fourth-order valence-electron chi connectivity index (χ4n) is 3.06. The first-order chi connectivity index (χ1) is 13.6. The first-order valence-corrected chi connectivity index (χ1v) is 8.62. The number of phenolic OH excluding ortho intramolecular Hbond substituents is 1. The summed E-state index contributed by atoms with van der Waals surface area (Å²) in [4.78, 5) is 16.9. The molecule has 4 N–H and O–H groups in total. The van der Waals surface area contributed by atoms with Crippen LogP contribution in [-0.4, -0.2) is 34.9 Å². The number of nitrogens with one attached hydrogen (secondary N) is 3. The predicted octanol–water partition coefficient (Wildman–Crippen LogP) is 2.33. The molecule has 9 heteroatoms. The van der Waals surface area contributed by atoms with Crippen molar-refractivity contribution in [1.29, 1.82) is 0 Å². The van der Waals surface area contributed by atoms with E-state index in [4.69, 9.17) is 0 Å². The zero-order chi connectivity index (χ0) is 19.1. The van der Waals surface area contributed by atoms with Gasteiger partial charge in [0.1, 0.15) is 5.75 Å². The maximum atomic E-state index is 11.4. The molecule has 2 aromatic carbocycles. The van der Waals surface area contributed by atoms with Crippen molar-refractivity contribution in [1.82, 2.24) is 29.8 Å². The smallest absolute Gasteiger partial charge is 0.323 e. The standard InChI is InChI=1S/C19H15N7O2/c27-13-4-1-11(2-5-13)9-18-24-23-17-8-7-16(25-26(17)18)20-12-3-6-14-15(10-12)22-19(28)21-14/h1-8,10,27H,9H2,(H,20,25)(H2,21,22,28). The second-order valence-electron chi connectivity index (χ2n) is 6.41. The second-order valence-corrected chi connectivity index (χ2v) is 6.41. The van der Waals surface area contributed by atoms with E-state index in [1.54, 1.807) is 16.6 Å². The number of phenols is 1. The molecule has 5 rings (SSSR count). The van der Waals surface area contributed by atoms with E-state index in [1.165, 1.54) is 0 Å². The summed E-state index contributed by atoms with van der Waals surface area (Å²) in [6, 6.07) is 16.1. The largest absolute Gasteiger partial charge is 0.508 e. The highest BCUT2D eigenvalue weighted by Gasteiger charge is 2.09. The van der Waals surface area contributed by atoms with Crippen LogP contribution in [0.25, 0.3) is 16.7 Å². The number of aromatic amines is 2. The quantitative estimate of drug-likeness (QED) is 0.383. The Morgan fingerprint density at radius 1 is 0.964 bits per heavy atom. The summed E-state index contributed by atoms with van der Waals surface area (Å²) in [6.45, 7) is 0. The molecular formula is C19H15N7O2. The van der Waals surface area contributed by atoms with Gasteiger partial charge in [0.15, 0.2) is 17.3 Å². The van der Waals surface area contributed by atoms with Crippen molar-refractivity contribution in [2.24, 2.45) is 0 Å². The molecule has 3 heterocycles. The van der Waals surface area contributed by atoms with Crippen molar-refractivity contribution in [3.05, 3.63) is 76.5 Å². The second kappa shape index (κ2) is 6.23. The zero-order valence-corrected chi connectivity index (χ0v) is 14.5. The highest BCUT2D eigenvalue weighted by Crippen LogP contribution is 2.19. The molecule has 0 saturated heterocycles. The molecule has 3 aromatic heterocycles. The average molecular weight is 373 g/mol. The fraction of sp³-hybridized carbons (Fsp3) is 0.0526. The Bertz CT molecular complexity index is 1350. The molecule has 0 aliphatic heterocycles. The van der Waals surface area contributed by atoms with Gasteiger partial charge in [0.25, 0.3) is 0 Å². The monoisotopic (exact) mass is 373 g/mol. The number of H-pyrrole nitrogens is 2. The predicted molar refractivity (Wildman–Crippen MR) is 104 cm³/mol. The van der Waals surface area contributed by atoms with Gasteiger partial charge in [-0.1, -0.05) is 12.1 Å². The van der Waals surface area contributed by atoms with E-state index in [0.717, 1.165) is 16.8 Å². The van der Waals surface area contributed by atoms with Crippen LogP contribution < -0.4 is 11.0 Å². The minimum atomic E-state index is -0.241. The lowest BCUT2D eigenvalue weighted by Crippen LogP contribution is -2.03. The first kappa shape index (κ1) is 16.1. The molecule has 0 bridgehead atoms. The Kier molecular flexibility index (Phi) is 3.58. The number of imidazole rings is 1. The molecule has 138 valence electrons. The van der Waals surface area contributed by atoms with Crippen LogP contribution in [0.4, 0.5) is 11.5 Å². The van der Waals surface area contributed by atoms with Crippen LogP contribution in [-0.2, 0) is 6.42 Å². The number of hydrogen-bond acceptors (Lipinski definition) is 6. The maximum absolute atomic E-state index is 11.4. The van der Waals surface area contributed by atoms with Crippen molar-refractivity contribution < 1.29 is 5.11 Å². The van der Waals surface area contributed by atoms with Crippen molar-refractivity contribution in [3.8, 4) is 5.75 Å². The van der Waals surface area contributed by atoms with Crippen LogP contribution in [0.3, 0.4) is 0 Å².